The molecular weight excluding hydrogens is 309 g/mol. The maximum absolute atomic E-state index is 13.1. The van der Waals surface area contributed by atoms with Crippen LogP contribution in [-0.2, 0) is 4.79 Å². The van der Waals surface area contributed by atoms with E-state index in [2.05, 4.69) is 21.2 Å². The van der Waals surface area contributed by atoms with Gasteiger partial charge in [-0.1, -0.05) is 30.3 Å². The summed E-state index contributed by atoms with van der Waals surface area (Å²) in [5, 5.41) is 2.77. The lowest BCUT2D eigenvalue weighted by atomic mass is 10.0. The summed E-state index contributed by atoms with van der Waals surface area (Å²) in [4.78, 5) is 12.1. The van der Waals surface area contributed by atoms with E-state index >= 15 is 0 Å². The summed E-state index contributed by atoms with van der Waals surface area (Å²) < 4.78 is 13.4. The van der Waals surface area contributed by atoms with Gasteiger partial charge in [0.2, 0.25) is 5.91 Å². The standard InChI is InChI=1S/C15H13BrFNO/c1-10(11-5-3-2-4-6-11)15(19)18-12-7-8-14(17)13(16)9-12/h2-10H,1H3,(H,18,19). The molecule has 4 heteroatoms. The van der Waals surface area contributed by atoms with Gasteiger partial charge in [-0.3, -0.25) is 4.79 Å². The van der Waals surface area contributed by atoms with Crippen LogP contribution < -0.4 is 5.32 Å². The molecule has 0 spiro atoms. The number of benzene rings is 2. The summed E-state index contributed by atoms with van der Waals surface area (Å²) in [5.74, 6) is -0.733. The van der Waals surface area contributed by atoms with Crippen molar-refractivity contribution in [3.63, 3.8) is 0 Å². The fourth-order valence-electron chi connectivity index (χ4n) is 1.72. The number of carbonyl (C=O) groups is 1. The molecule has 1 N–H and O–H groups in total. The van der Waals surface area contributed by atoms with E-state index in [1.165, 1.54) is 12.1 Å². The molecule has 2 aromatic carbocycles. The van der Waals surface area contributed by atoms with Gasteiger partial charge in [0.15, 0.2) is 0 Å². The van der Waals surface area contributed by atoms with Crippen LogP contribution in [0, 0.1) is 5.82 Å². The van der Waals surface area contributed by atoms with Crippen molar-refractivity contribution in [2.24, 2.45) is 0 Å². The highest BCUT2D eigenvalue weighted by molar-refractivity contribution is 9.10. The molecule has 1 atom stereocenters. The van der Waals surface area contributed by atoms with Crippen molar-refractivity contribution in [3.8, 4) is 0 Å². The molecule has 0 aliphatic heterocycles. The van der Waals surface area contributed by atoms with Gasteiger partial charge >= 0.3 is 0 Å². The van der Waals surface area contributed by atoms with Crippen LogP contribution in [0.2, 0.25) is 0 Å². The quantitative estimate of drug-likeness (QED) is 0.895. The van der Waals surface area contributed by atoms with Gasteiger partial charge in [0.25, 0.3) is 0 Å². The molecule has 0 aromatic heterocycles. The Kier molecular flexibility index (Phi) is 4.32. The van der Waals surface area contributed by atoms with Crippen molar-refractivity contribution < 1.29 is 9.18 Å². The molecule has 0 bridgehead atoms. The summed E-state index contributed by atoms with van der Waals surface area (Å²) in [6, 6.07) is 13.9. The monoisotopic (exact) mass is 321 g/mol. The van der Waals surface area contributed by atoms with Gasteiger partial charge in [-0.15, -0.1) is 0 Å². The minimum atomic E-state index is -0.353. The lowest BCUT2D eigenvalue weighted by Crippen LogP contribution is -2.18. The lowest BCUT2D eigenvalue weighted by molar-refractivity contribution is -0.117. The summed E-state index contributed by atoms with van der Waals surface area (Å²) >= 11 is 3.09. The van der Waals surface area contributed by atoms with E-state index in [-0.39, 0.29) is 17.6 Å². The van der Waals surface area contributed by atoms with E-state index < -0.39 is 0 Å². The van der Waals surface area contributed by atoms with Crippen LogP contribution in [0.1, 0.15) is 18.4 Å². The van der Waals surface area contributed by atoms with Gasteiger partial charge in [-0.05, 0) is 46.6 Å². The molecule has 2 rings (SSSR count). The maximum atomic E-state index is 13.1. The molecule has 0 saturated carbocycles. The van der Waals surface area contributed by atoms with E-state index in [1.54, 1.807) is 6.07 Å². The molecule has 0 radical (unpaired) electrons. The predicted molar refractivity (Wildman–Crippen MR) is 77.6 cm³/mol. The highest BCUT2D eigenvalue weighted by Gasteiger charge is 2.15. The van der Waals surface area contributed by atoms with Crippen LogP contribution in [0.25, 0.3) is 0 Å². The van der Waals surface area contributed by atoms with Crippen molar-refractivity contribution in [2.45, 2.75) is 12.8 Å². The smallest absolute Gasteiger partial charge is 0.231 e. The Morgan fingerprint density at radius 1 is 1.21 bits per heavy atom. The Morgan fingerprint density at radius 3 is 2.53 bits per heavy atom. The fraction of sp³-hybridized carbons (Fsp3) is 0.133. The van der Waals surface area contributed by atoms with Gasteiger partial charge in [0, 0.05) is 5.69 Å². The topological polar surface area (TPSA) is 29.1 Å². The summed E-state index contributed by atoms with van der Waals surface area (Å²) in [5.41, 5.74) is 1.52. The number of amides is 1. The first-order valence-electron chi connectivity index (χ1n) is 5.89. The van der Waals surface area contributed by atoms with E-state index in [1.807, 2.05) is 37.3 Å². The number of hydrogen-bond donors (Lipinski definition) is 1. The normalized spacial score (nSPS) is 11.9. The highest BCUT2D eigenvalue weighted by atomic mass is 79.9. The van der Waals surface area contributed by atoms with Crippen LogP contribution in [-0.4, -0.2) is 5.91 Å². The van der Waals surface area contributed by atoms with Gasteiger partial charge in [-0.2, -0.15) is 0 Å². The average molecular weight is 322 g/mol. The Hall–Kier alpha value is -1.68. The second kappa shape index (κ2) is 5.97. The highest BCUT2D eigenvalue weighted by Crippen LogP contribution is 2.22. The molecule has 0 fully saturated rings. The molecule has 0 aliphatic rings. The number of rotatable bonds is 3. The zero-order valence-electron chi connectivity index (χ0n) is 10.4. The Labute approximate surface area is 119 Å². The molecule has 98 valence electrons. The molecule has 0 saturated heterocycles. The van der Waals surface area contributed by atoms with Gasteiger partial charge < -0.3 is 5.32 Å². The second-order valence-electron chi connectivity index (χ2n) is 4.25. The number of halogens is 2. The first kappa shape index (κ1) is 13.7. The Bertz CT molecular complexity index is 586. The number of anilines is 1. The summed E-state index contributed by atoms with van der Waals surface area (Å²) in [7, 11) is 0. The molecular formula is C15H13BrFNO. The molecule has 1 unspecified atom stereocenters. The first-order valence-corrected chi connectivity index (χ1v) is 6.68. The zero-order valence-corrected chi connectivity index (χ0v) is 11.9. The van der Waals surface area contributed by atoms with E-state index in [0.717, 1.165) is 5.56 Å². The fourth-order valence-corrected chi connectivity index (χ4v) is 2.10. The van der Waals surface area contributed by atoms with E-state index in [0.29, 0.717) is 10.2 Å². The first-order chi connectivity index (χ1) is 9.08. The molecule has 0 aliphatic carbocycles. The van der Waals surface area contributed by atoms with Crippen molar-refractivity contribution in [3.05, 3.63) is 64.4 Å². The lowest BCUT2D eigenvalue weighted by Gasteiger charge is -2.12. The molecule has 19 heavy (non-hydrogen) atoms. The molecule has 0 heterocycles. The average Bonchev–Trinajstić information content (AvgIpc) is 2.43. The number of hydrogen-bond acceptors (Lipinski definition) is 1. The zero-order chi connectivity index (χ0) is 13.8. The van der Waals surface area contributed by atoms with E-state index in [4.69, 9.17) is 0 Å². The third-order valence-corrected chi connectivity index (χ3v) is 3.49. The van der Waals surface area contributed by atoms with Crippen LogP contribution in [0.15, 0.2) is 53.0 Å². The van der Waals surface area contributed by atoms with Crippen molar-refractivity contribution in [2.75, 3.05) is 5.32 Å². The largest absolute Gasteiger partial charge is 0.326 e. The van der Waals surface area contributed by atoms with Crippen LogP contribution in [0.5, 0.6) is 0 Å². The SMILES string of the molecule is CC(C(=O)Nc1ccc(F)c(Br)c1)c1ccccc1. The van der Waals surface area contributed by atoms with Crippen molar-refractivity contribution in [1.82, 2.24) is 0 Å². The second-order valence-corrected chi connectivity index (χ2v) is 5.10. The van der Waals surface area contributed by atoms with Crippen LogP contribution in [0.4, 0.5) is 10.1 Å². The number of carbonyl (C=O) groups excluding carboxylic acids is 1. The summed E-state index contributed by atoms with van der Waals surface area (Å²) in [6.07, 6.45) is 0. The van der Waals surface area contributed by atoms with Gasteiger partial charge in [0.1, 0.15) is 5.82 Å². The van der Waals surface area contributed by atoms with Crippen LogP contribution in [0.3, 0.4) is 0 Å². The van der Waals surface area contributed by atoms with Crippen LogP contribution >= 0.6 is 15.9 Å². The molecule has 2 nitrogen and oxygen atoms in total. The van der Waals surface area contributed by atoms with Gasteiger partial charge in [0.05, 0.1) is 10.4 Å². The predicted octanol–water partition coefficient (Wildman–Crippen LogP) is 4.33. The maximum Gasteiger partial charge on any atom is 0.231 e. The summed E-state index contributed by atoms with van der Waals surface area (Å²) in [6.45, 7) is 1.84. The van der Waals surface area contributed by atoms with Crippen molar-refractivity contribution in [1.29, 1.82) is 0 Å². The van der Waals surface area contributed by atoms with Gasteiger partial charge in [-0.25, -0.2) is 4.39 Å². The Morgan fingerprint density at radius 2 is 1.89 bits per heavy atom. The molecule has 2 aromatic rings. The molecule has 1 amide bonds. The Balaban J connectivity index is 2.10. The number of nitrogens with one attached hydrogen (secondary N) is 1. The van der Waals surface area contributed by atoms with E-state index in [9.17, 15) is 9.18 Å². The third-order valence-electron chi connectivity index (χ3n) is 2.88. The minimum absolute atomic E-state index is 0.121. The van der Waals surface area contributed by atoms with Crippen molar-refractivity contribution >= 4 is 27.5 Å². The third kappa shape index (κ3) is 3.41. The minimum Gasteiger partial charge on any atom is -0.326 e.